The van der Waals surface area contributed by atoms with E-state index in [1.54, 1.807) is 20.9 Å². The van der Waals surface area contributed by atoms with Crippen LogP contribution < -0.4 is 10.9 Å². The molecule has 1 N–H and O–H groups in total. The van der Waals surface area contributed by atoms with Crippen molar-refractivity contribution in [1.82, 2.24) is 15.1 Å². The van der Waals surface area contributed by atoms with Crippen LogP contribution in [0.15, 0.2) is 41.2 Å². The molecular formula is C17H19N3O2. The topological polar surface area (TPSA) is 64.0 Å². The monoisotopic (exact) mass is 297 g/mol. The highest BCUT2D eigenvalue weighted by molar-refractivity contribution is 5.95. The molecule has 2 rings (SSSR count). The average molecular weight is 297 g/mol. The summed E-state index contributed by atoms with van der Waals surface area (Å²) in [6.45, 7) is 3.87. The van der Waals surface area contributed by atoms with E-state index < -0.39 is 0 Å². The van der Waals surface area contributed by atoms with E-state index in [1.807, 2.05) is 42.5 Å². The predicted molar refractivity (Wildman–Crippen MR) is 86.8 cm³/mol. The second kappa shape index (κ2) is 6.85. The number of hydrogen-bond acceptors (Lipinski definition) is 3. The van der Waals surface area contributed by atoms with Crippen molar-refractivity contribution in [3.8, 4) is 0 Å². The van der Waals surface area contributed by atoms with Gasteiger partial charge in [-0.15, -0.1) is 0 Å². The van der Waals surface area contributed by atoms with Crippen LogP contribution in [-0.2, 0) is 7.05 Å². The Kier molecular flexibility index (Phi) is 4.88. The van der Waals surface area contributed by atoms with Crippen molar-refractivity contribution >= 4 is 12.0 Å². The van der Waals surface area contributed by atoms with Crippen LogP contribution in [0.4, 0.5) is 0 Å². The first-order valence-electron chi connectivity index (χ1n) is 7.05. The van der Waals surface area contributed by atoms with Gasteiger partial charge in [0.25, 0.3) is 11.5 Å². The lowest BCUT2D eigenvalue weighted by atomic mass is 10.1. The molecule has 1 aromatic carbocycles. The smallest absolute Gasteiger partial charge is 0.279 e. The third kappa shape index (κ3) is 3.49. The molecule has 0 fully saturated rings. The summed E-state index contributed by atoms with van der Waals surface area (Å²) >= 11 is 0. The van der Waals surface area contributed by atoms with Gasteiger partial charge in [0, 0.05) is 13.6 Å². The summed E-state index contributed by atoms with van der Waals surface area (Å²) in [5, 5.41) is 6.80. The summed E-state index contributed by atoms with van der Waals surface area (Å²) in [6, 6.07) is 9.80. The van der Waals surface area contributed by atoms with Gasteiger partial charge in [0.15, 0.2) is 0 Å². The van der Waals surface area contributed by atoms with Crippen LogP contribution in [0.1, 0.15) is 27.2 Å². The van der Waals surface area contributed by atoms with Crippen molar-refractivity contribution in [3.63, 3.8) is 0 Å². The van der Waals surface area contributed by atoms with E-state index in [9.17, 15) is 9.59 Å². The van der Waals surface area contributed by atoms with Gasteiger partial charge in [0.1, 0.15) is 5.56 Å². The average Bonchev–Trinajstić information content (AvgIpc) is 2.51. The first kappa shape index (κ1) is 15.7. The van der Waals surface area contributed by atoms with E-state index >= 15 is 0 Å². The number of hydrogen-bond donors (Lipinski definition) is 1. The molecule has 22 heavy (non-hydrogen) atoms. The molecule has 114 valence electrons. The van der Waals surface area contributed by atoms with Crippen LogP contribution >= 0.6 is 0 Å². The standard InChI is InChI=1S/C17H19N3O2/c1-12-13(2)19-20(3)17(22)15(12)16(21)18-11-7-10-14-8-5-4-6-9-14/h4-10H,11H2,1-3H3,(H,18,21). The second-order valence-corrected chi connectivity index (χ2v) is 5.04. The highest BCUT2D eigenvalue weighted by Crippen LogP contribution is 2.05. The molecule has 0 aliphatic heterocycles. The van der Waals surface area contributed by atoms with Crippen LogP contribution in [0.25, 0.3) is 6.08 Å². The SMILES string of the molecule is Cc1nn(C)c(=O)c(C(=O)NCC=Cc2ccccc2)c1C. The Bertz CT molecular complexity index is 761. The van der Waals surface area contributed by atoms with Crippen LogP contribution in [0, 0.1) is 13.8 Å². The van der Waals surface area contributed by atoms with Gasteiger partial charge in [-0.05, 0) is 25.0 Å². The van der Waals surface area contributed by atoms with Gasteiger partial charge < -0.3 is 5.32 Å². The maximum absolute atomic E-state index is 12.2. The van der Waals surface area contributed by atoms with E-state index in [0.29, 0.717) is 17.8 Å². The fourth-order valence-electron chi connectivity index (χ4n) is 2.12. The largest absolute Gasteiger partial charge is 0.348 e. The van der Waals surface area contributed by atoms with E-state index in [1.165, 1.54) is 4.68 Å². The van der Waals surface area contributed by atoms with Gasteiger partial charge in [-0.25, -0.2) is 4.68 Å². The summed E-state index contributed by atoms with van der Waals surface area (Å²) in [6.07, 6.45) is 3.77. The van der Waals surface area contributed by atoms with Crippen molar-refractivity contribution in [2.75, 3.05) is 6.54 Å². The molecule has 0 saturated carbocycles. The number of carbonyl (C=O) groups excluding carboxylic acids is 1. The fraction of sp³-hybridized carbons (Fsp3) is 0.235. The molecule has 5 nitrogen and oxygen atoms in total. The van der Waals surface area contributed by atoms with E-state index in [-0.39, 0.29) is 17.0 Å². The molecule has 0 unspecified atom stereocenters. The Labute approximate surface area is 129 Å². The van der Waals surface area contributed by atoms with Gasteiger partial charge in [-0.3, -0.25) is 9.59 Å². The van der Waals surface area contributed by atoms with Crippen molar-refractivity contribution < 1.29 is 4.79 Å². The number of aryl methyl sites for hydroxylation is 2. The molecule has 0 spiro atoms. The van der Waals surface area contributed by atoms with Gasteiger partial charge >= 0.3 is 0 Å². The number of nitrogens with zero attached hydrogens (tertiary/aromatic N) is 2. The highest BCUT2D eigenvalue weighted by atomic mass is 16.2. The molecule has 0 saturated heterocycles. The third-order valence-corrected chi connectivity index (χ3v) is 3.44. The van der Waals surface area contributed by atoms with E-state index in [2.05, 4.69) is 10.4 Å². The molecule has 0 aliphatic carbocycles. The summed E-state index contributed by atoms with van der Waals surface area (Å²) in [4.78, 5) is 24.3. The van der Waals surface area contributed by atoms with Gasteiger partial charge in [0.2, 0.25) is 0 Å². The lowest BCUT2D eigenvalue weighted by molar-refractivity contribution is 0.0955. The first-order chi connectivity index (χ1) is 10.5. The number of benzene rings is 1. The van der Waals surface area contributed by atoms with Crippen molar-refractivity contribution in [2.24, 2.45) is 7.05 Å². The van der Waals surface area contributed by atoms with E-state index in [0.717, 1.165) is 5.56 Å². The lowest BCUT2D eigenvalue weighted by Gasteiger charge is -2.09. The molecule has 1 heterocycles. The molecule has 0 radical (unpaired) electrons. The molecule has 0 atom stereocenters. The van der Waals surface area contributed by atoms with Gasteiger partial charge in [-0.1, -0.05) is 42.5 Å². The third-order valence-electron chi connectivity index (χ3n) is 3.44. The molecular weight excluding hydrogens is 278 g/mol. The van der Waals surface area contributed by atoms with E-state index in [4.69, 9.17) is 0 Å². The Morgan fingerprint density at radius 1 is 1.27 bits per heavy atom. The van der Waals surface area contributed by atoms with Crippen molar-refractivity contribution in [1.29, 1.82) is 0 Å². The van der Waals surface area contributed by atoms with Crippen LogP contribution in [0.5, 0.6) is 0 Å². The van der Waals surface area contributed by atoms with Crippen molar-refractivity contribution in [2.45, 2.75) is 13.8 Å². The zero-order valence-electron chi connectivity index (χ0n) is 13.0. The maximum atomic E-state index is 12.2. The quantitative estimate of drug-likeness (QED) is 0.936. The summed E-state index contributed by atoms with van der Waals surface area (Å²) < 4.78 is 1.19. The summed E-state index contributed by atoms with van der Waals surface area (Å²) in [7, 11) is 1.54. The molecule has 1 aromatic heterocycles. The Balaban J connectivity index is 2.08. The maximum Gasteiger partial charge on any atom is 0.279 e. The van der Waals surface area contributed by atoms with Crippen LogP contribution in [0.2, 0.25) is 0 Å². The van der Waals surface area contributed by atoms with Crippen molar-refractivity contribution in [3.05, 3.63) is 69.1 Å². The number of carbonyl (C=O) groups is 1. The molecule has 1 amide bonds. The molecule has 5 heteroatoms. The Hall–Kier alpha value is -2.69. The number of rotatable bonds is 4. The highest BCUT2D eigenvalue weighted by Gasteiger charge is 2.16. The predicted octanol–water partition coefficient (Wildman–Crippen LogP) is 1.84. The summed E-state index contributed by atoms with van der Waals surface area (Å²) in [5.41, 5.74) is 2.12. The number of nitrogens with one attached hydrogen (secondary N) is 1. The second-order valence-electron chi connectivity index (χ2n) is 5.04. The first-order valence-corrected chi connectivity index (χ1v) is 7.05. The Morgan fingerprint density at radius 3 is 2.64 bits per heavy atom. The zero-order chi connectivity index (χ0) is 16.1. The van der Waals surface area contributed by atoms with Gasteiger partial charge in [0.05, 0.1) is 5.69 Å². The minimum atomic E-state index is -0.382. The number of aromatic nitrogens is 2. The minimum absolute atomic E-state index is 0.156. The Morgan fingerprint density at radius 2 is 1.95 bits per heavy atom. The number of amides is 1. The molecule has 0 aliphatic rings. The molecule has 2 aromatic rings. The fourth-order valence-corrected chi connectivity index (χ4v) is 2.12. The lowest BCUT2D eigenvalue weighted by Crippen LogP contribution is -2.35. The van der Waals surface area contributed by atoms with Gasteiger partial charge in [-0.2, -0.15) is 5.10 Å². The zero-order valence-corrected chi connectivity index (χ0v) is 13.0. The van der Waals surface area contributed by atoms with Crippen LogP contribution in [-0.4, -0.2) is 22.2 Å². The summed E-state index contributed by atoms with van der Waals surface area (Å²) in [5.74, 6) is -0.374. The minimum Gasteiger partial charge on any atom is -0.348 e. The molecule has 0 bridgehead atoms. The normalized spacial score (nSPS) is 10.9. The van der Waals surface area contributed by atoms with Crippen LogP contribution in [0.3, 0.4) is 0 Å².